The molecule has 3 N–H and O–H groups in total. The van der Waals surface area contributed by atoms with Gasteiger partial charge in [0.1, 0.15) is 5.82 Å². The van der Waals surface area contributed by atoms with Gasteiger partial charge in [-0.3, -0.25) is 0 Å². The summed E-state index contributed by atoms with van der Waals surface area (Å²) in [6.45, 7) is 6.40. The fraction of sp³-hybridized carbons (Fsp3) is 0.538. The van der Waals surface area contributed by atoms with Crippen molar-refractivity contribution in [3.8, 4) is 0 Å². The number of nitrogens with zero attached hydrogens (tertiary/aromatic N) is 1. The van der Waals surface area contributed by atoms with E-state index < -0.39 is 0 Å². The first kappa shape index (κ1) is 13.6. The third kappa shape index (κ3) is 3.14. The minimum atomic E-state index is -0.284. The average Bonchev–Trinajstić information content (AvgIpc) is 2.80. The second-order valence-electron chi connectivity index (χ2n) is 4.78. The van der Waals surface area contributed by atoms with Crippen LogP contribution < -0.4 is 11.1 Å². The highest BCUT2D eigenvalue weighted by atomic mass is 79.9. The van der Waals surface area contributed by atoms with Crippen molar-refractivity contribution in [3.63, 3.8) is 0 Å². The van der Waals surface area contributed by atoms with Crippen LogP contribution in [0.25, 0.3) is 0 Å². The molecule has 0 spiro atoms. The molecule has 1 atom stereocenters. The Balaban J connectivity index is 1.93. The zero-order valence-corrected chi connectivity index (χ0v) is 12.1. The molecule has 0 bridgehead atoms. The number of hydrogen-bond donors (Lipinski definition) is 2. The summed E-state index contributed by atoms with van der Waals surface area (Å²) in [6.07, 6.45) is 1.19. The van der Waals surface area contributed by atoms with E-state index in [4.69, 9.17) is 5.73 Å². The van der Waals surface area contributed by atoms with Crippen LogP contribution in [-0.4, -0.2) is 31.1 Å². The van der Waals surface area contributed by atoms with Gasteiger partial charge in [0.15, 0.2) is 0 Å². The smallest absolute Gasteiger partial charge is 0.139 e. The monoisotopic (exact) mass is 315 g/mol. The average molecular weight is 316 g/mol. The van der Waals surface area contributed by atoms with Crippen LogP contribution in [0.3, 0.4) is 0 Å². The van der Waals surface area contributed by atoms with Crippen LogP contribution in [-0.2, 0) is 0 Å². The molecule has 18 heavy (non-hydrogen) atoms. The number of rotatable bonds is 4. The Morgan fingerprint density at radius 3 is 3.00 bits per heavy atom. The van der Waals surface area contributed by atoms with Gasteiger partial charge in [-0.05, 0) is 47.4 Å². The molecular weight excluding hydrogens is 297 g/mol. The van der Waals surface area contributed by atoms with E-state index in [1.165, 1.54) is 12.5 Å². The van der Waals surface area contributed by atoms with Crippen molar-refractivity contribution in [2.75, 3.05) is 37.2 Å². The molecule has 0 radical (unpaired) electrons. The van der Waals surface area contributed by atoms with Crippen LogP contribution in [0.5, 0.6) is 0 Å². The Morgan fingerprint density at radius 2 is 2.33 bits per heavy atom. The summed E-state index contributed by atoms with van der Waals surface area (Å²) in [5.74, 6) is 0.337. The molecule has 100 valence electrons. The molecular formula is C13H19BrFN3. The maximum atomic E-state index is 13.4. The van der Waals surface area contributed by atoms with Gasteiger partial charge in [0.25, 0.3) is 0 Å². The zero-order valence-electron chi connectivity index (χ0n) is 10.5. The van der Waals surface area contributed by atoms with Crippen molar-refractivity contribution < 1.29 is 4.39 Å². The number of nitrogens with two attached hydrogens (primary N) is 1. The largest absolute Gasteiger partial charge is 0.397 e. The SMILES string of the molecule is CCN1CCC(CNc2cc(F)c(Br)cc2N)C1. The lowest BCUT2D eigenvalue weighted by atomic mass is 10.1. The highest BCUT2D eigenvalue weighted by Gasteiger charge is 2.21. The number of anilines is 2. The fourth-order valence-corrected chi connectivity index (χ4v) is 2.70. The van der Waals surface area contributed by atoms with Crippen LogP contribution in [0.15, 0.2) is 16.6 Å². The fourth-order valence-electron chi connectivity index (χ4n) is 2.34. The lowest BCUT2D eigenvalue weighted by molar-refractivity contribution is 0.345. The Morgan fingerprint density at radius 1 is 1.56 bits per heavy atom. The second-order valence-corrected chi connectivity index (χ2v) is 5.64. The third-order valence-electron chi connectivity index (χ3n) is 3.49. The van der Waals surface area contributed by atoms with Gasteiger partial charge in [-0.1, -0.05) is 6.92 Å². The molecule has 0 saturated carbocycles. The van der Waals surface area contributed by atoms with Crippen molar-refractivity contribution >= 4 is 27.3 Å². The predicted octanol–water partition coefficient (Wildman–Crippen LogP) is 2.92. The van der Waals surface area contributed by atoms with Gasteiger partial charge in [0.2, 0.25) is 0 Å². The zero-order chi connectivity index (χ0) is 13.1. The lowest BCUT2D eigenvalue weighted by Gasteiger charge is -2.15. The normalized spacial score (nSPS) is 20.3. The van der Waals surface area contributed by atoms with Gasteiger partial charge in [-0.25, -0.2) is 4.39 Å². The van der Waals surface area contributed by atoms with E-state index in [1.54, 1.807) is 6.07 Å². The molecule has 0 aromatic heterocycles. The lowest BCUT2D eigenvalue weighted by Crippen LogP contribution is -2.22. The first-order valence-corrected chi connectivity index (χ1v) is 7.10. The van der Waals surface area contributed by atoms with E-state index in [0.717, 1.165) is 26.2 Å². The molecule has 3 nitrogen and oxygen atoms in total. The predicted molar refractivity (Wildman–Crippen MR) is 77.2 cm³/mol. The molecule has 1 aliphatic heterocycles. The summed E-state index contributed by atoms with van der Waals surface area (Å²) >= 11 is 3.13. The summed E-state index contributed by atoms with van der Waals surface area (Å²) in [7, 11) is 0. The number of likely N-dealkylation sites (tertiary alicyclic amines) is 1. The summed E-state index contributed by atoms with van der Waals surface area (Å²) in [4.78, 5) is 2.43. The van der Waals surface area contributed by atoms with Gasteiger partial charge >= 0.3 is 0 Å². The Bertz CT molecular complexity index is 425. The summed E-state index contributed by atoms with van der Waals surface area (Å²) < 4.78 is 13.8. The highest BCUT2D eigenvalue weighted by molar-refractivity contribution is 9.10. The van der Waals surface area contributed by atoms with Crippen LogP contribution in [0.2, 0.25) is 0 Å². The van der Waals surface area contributed by atoms with Crippen molar-refractivity contribution in [2.24, 2.45) is 5.92 Å². The van der Waals surface area contributed by atoms with Crippen LogP contribution in [0.4, 0.5) is 15.8 Å². The summed E-state index contributed by atoms with van der Waals surface area (Å²) in [6, 6.07) is 3.05. The quantitative estimate of drug-likeness (QED) is 0.839. The topological polar surface area (TPSA) is 41.3 Å². The van der Waals surface area contributed by atoms with E-state index in [1.807, 2.05) is 0 Å². The molecule has 1 aromatic rings. The number of hydrogen-bond acceptors (Lipinski definition) is 3. The number of halogens is 2. The van der Waals surface area contributed by atoms with Crippen molar-refractivity contribution in [1.82, 2.24) is 4.90 Å². The van der Waals surface area contributed by atoms with Crippen molar-refractivity contribution in [2.45, 2.75) is 13.3 Å². The van der Waals surface area contributed by atoms with Crippen LogP contribution >= 0.6 is 15.9 Å². The van der Waals surface area contributed by atoms with Crippen LogP contribution in [0.1, 0.15) is 13.3 Å². The molecule has 2 rings (SSSR count). The molecule has 1 heterocycles. The Hall–Kier alpha value is -0.810. The maximum Gasteiger partial charge on any atom is 0.139 e. The van der Waals surface area contributed by atoms with Gasteiger partial charge in [-0.2, -0.15) is 0 Å². The van der Waals surface area contributed by atoms with Gasteiger partial charge in [0.05, 0.1) is 15.8 Å². The minimum Gasteiger partial charge on any atom is -0.397 e. The number of nitrogen functional groups attached to an aromatic ring is 1. The maximum absolute atomic E-state index is 13.4. The Kier molecular flexibility index (Phi) is 4.45. The molecule has 1 aromatic carbocycles. The minimum absolute atomic E-state index is 0.284. The van der Waals surface area contributed by atoms with Gasteiger partial charge in [0, 0.05) is 19.2 Å². The van der Waals surface area contributed by atoms with Crippen molar-refractivity contribution in [1.29, 1.82) is 0 Å². The second kappa shape index (κ2) is 5.89. The van der Waals surface area contributed by atoms with E-state index in [-0.39, 0.29) is 5.82 Å². The number of nitrogens with one attached hydrogen (secondary N) is 1. The summed E-state index contributed by atoms with van der Waals surface area (Å²) in [5, 5.41) is 3.26. The molecule has 1 saturated heterocycles. The van der Waals surface area contributed by atoms with E-state index in [2.05, 4.69) is 33.1 Å². The van der Waals surface area contributed by atoms with E-state index in [0.29, 0.717) is 21.8 Å². The van der Waals surface area contributed by atoms with Crippen molar-refractivity contribution in [3.05, 3.63) is 22.4 Å². The summed E-state index contributed by atoms with van der Waals surface area (Å²) in [5.41, 5.74) is 7.12. The molecule has 0 amide bonds. The highest BCUT2D eigenvalue weighted by Crippen LogP contribution is 2.27. The first-order chi connectivity index (χ1) is 8.60. The molecule has 1 unspecified atom stereocenters. The van der Waals surface area contributed by atoms with Gasteiger partial charge < -0.3 is 16.0 Å². The molecule has 0 aliphatic carbocycles. The molecule has 1 aliphatic rings. The third-order valence-corrected chi connectivity index (χ3v) is 4.10. The van der Waals surface area contributed by atoms with E-state index in [9.17, 15) is 4.39 Å². The first-order valence-electron chi connectivity index (χ1n) is 6.31. The van der Waals surface area contributed by atoms with Crippen LogP contribution in [0, 0.1) is 11.7 Å². The number of benzene rings is 1. The molecule has 1 fully saturated rings. The Labute approximate surface area is 116 Å². The molecule has 5 heteroatoms. The van der Waals surface area contributed by atoms with Gasteiger partial charge in [-0.15, -0.1) is 0 Å². The standard InChI is InChI=1S/C13H19BrFN3/c1-2-18-4-3-9(8-18)7-17-13-6-11(15)10(14)5-12(13)16/h5-6,9,17H,2-4,7-8,16H2,1H3. The van der Waals surface area contributed by atoms with E-state index >= 15 is 0 Å².